The van der Waals surface area contributed by atoms with Crippen molar-refractivity contribution in [2.75, 3.05) is 5.75 Å². The van der Waals surface area contributed by atoms with Crippen LogP contribution in [0.25, 0.3) is 12.2 Å². The number of carbonyl (C=O) groups is 1. The molecule has 0 fully saturated rings. The predicted octanol–water partition coefficient (Wildman–Crippen LogP) is 4.66. The van der Waals surface area contributed by atoms with Crippen molar-refractivity contribution in [2.45, 2.75) is 18.1 Å². The maximum absolute atomic E-state index is 12.1. The third-order valence-electron chi connectivity index (χ3n) is 3.49. The van der Waals surface area contributed by atoms with Crippen LogP contribution in [0.5, 0.6) is 0 Å². The molecule has 0 aliphatic rings. The summed E-state index contributed by atoms with van der Waals surface area (Å²) < 4.78 is 0. The van der Waals surface area contributed by atoms with E-state index in [1.807, 2.05) is 60.9 Å². The first kappa shape index (κ1) is 18.7. The summed E-state index contributed by atoms with van der Waals surface area (Å²) in [4.78, 5) is 17.6. The van der Waals surface area contributed by atoms with Crippen LogP contribution in [-0.2, 0) is 4.79 Å². The van der Waals surface area contributed by atoms with Crippen molar-refractivity contribution in [3.8, 4) is 0 Å². The van der Waals surface area contributed by atoms with Crippen LogP contribution in [0, 0.1) is 0 Å². The van der Waals surface area contributed by atoms with Gasteiger partial charge in [-0.2, -0.15) is 0 Å². The Morgan fingerprint density at radius 1 is 1.38 bits per heavy atom. The van der Waals surface area contributed by atoms with Crippen molar-refractivity contribution in [3.63, 3.8) is 0 Å². The summed E-state index contributed by atoms with van der Waals surface area (Å²) in [5.74, 6) is 0.827. The second-order valence-corrected chi connectivity index (χ2v) is 7.84. The topological polar surface area (TPSA) is 70.7 Å². The van der Waals surface area contributed by atoms with Gasteiger partial charge in [0.25, 0.3) is 0 Å². The smallest absolute Gasteiger partial charge is 0.230 e. The summed E-state index contributed by atoms with van der Waals surface area (Å²) in [5, 5.41) is 13.1. The summed E-state index contributed by atoms with van der Waals surface area (Å²) in [5.41, 5.74) is 0.967. The normalized spacial score (nSPS) is 12.4. The van der Waals surface area contributed by atoms with Gasteiger partial charge in [-0.15, -0.1) is 16.4 Å². The molecule has 0 bridgehead atoms. The van der Waals surface area contributed by atoms with E-state index in [1.165, 1.54) is 11.8 Å². The number of carbonyl (C=O) groups excluding carboxylic acids is 1. The fourth-order valence-corrected chi connectivity index (χ4v) is 3.65. The maximum Gasteiger partial charge on any atom is 0.230 e. The molecule has 134 valence electrons. The minimum absolute atomic E-state index is 0.0806. The van der Waals surface area contributed by atoms with Crippen molar-refractivity contribution >= 4 is 52.8 Å². The molecule has 0 saturated heterocycles. The molecule has 1 amide bonds. The number of nitrogens with one attached hydrogen (secondary N) is 2. The monoisotopic (exact) mass is 404 g/mol. The van der Waals surface area contributed by atoms with Crippen LogP contribution in [0.4, 0.5) is 0 Å². The number of H-pyrrole nitrogens is 1. The predicted molar refractivity (Wildman–Crippen MR) is 108 cm³/mol. The van der Waals surface area contributed by atoms with Crippen LogP contribution in [0.1, 0.15) is 29.2 Å². The average Bonchev–Trinajstić information content (AvgIpc) is 3.30. The first-order valence-electron chi connectivity index (χ1n) is 7.92. The van der Waals surface area contributed by atoms with Gasteiger partial charge in [0.15, 0.2) is 0 Å². The van der Waals surface area contributed by atoms with E-state index in [1.54, 1.807) is 11.3 Å². The highest BCUT2D eigenvalue weighted by Crippen LogP contribution is 2.18. The Hall–Kier alpha value is -2.09. The van der Waals surface area contributed by atoms with Gasteiger partial charge in [-0.05, 0) is 48.2 Å². The average molecular weight is 405 g/mol. The largest absolute Gasteiger partial charge is 0.349 e. The van der Waals surface area contributed by atoms with Gasteiger partial charge < -0.3 is 5.32 Å². The molecule has 0 saturated carbocycles. The third kappa shape index (κ3) is 5.45. The molecular formula is C18H17ClN4OS2. The van der Waals surface area contributed by atoms with Crippen molar-refractivity contribution in [1.82, 2.24) is 20.5 Å². The van der Waals surface area contributed by atoms with Gasteiger partial charge in [0.1, 0.15) is 5.82 Å². The molecular weight excluding hydrogens is 388 g/mol. The molecule has 0 aliphatic heterocycles. The number of nitrogens with zero attached hydrogens (tertiary/aromatic N) is 2. The Morgan fingerprint density at radius 2 is 2.27 bits per heavy atom. The van der Waals surface area contributed by atoms with E-state index < -0.39 is 0 Å². The first-order valence-corrected chi connectivity index (χ1v) is 10.2. The Kier molecular flexibility index (Phi) is 6.49. The lowest BCUT2D eigenvalue weighted by molar-refractivity contribution is -0.119. The second kappa shape index (κ2) is 9.02. The van der Waals surface area contributed by atoms with Crippen LogP contribution in [-0.4, -0.2) is 26.8 Å². The van der Waals surface area contributed by atoms with Gasteiger partial charge in [-0.3, -0.25) is 9.89 Å². The van der Waals surface area contributed by atoms with Gasteiger partial charge in [-0.1, -0.05) is 41.6 Å². The van der Waals surface area contributed by atoms with Crippen molar-refractivity contribution in [3.05, 3.63) is 63.1 Å². The first-order chi connectivity index (χ1) is 12.6. The number of amides is 1. The Balaban J connectivity index is 1.48. The molecule has 3 rings (SSSR count). The van der Waals surface area contributed by atoms with Gasteiger partial charge >= 0.3 is 0 Å². The molecule has 3 aromatic rings. The summed E-state index contributed by atoms with van der Waals surface area (Å²) in [6.45, 7) is 1.93. The molecule has 2 N–H and O–H groups in total. The van der Waals surface area contributed by atoms with E-state index in [9.17, 15) is 4.79 Å². The molecule has 2 aromatic heterocycles. The van der Waals surface area contributed by atoms with E-state index in [0.717, 1.165) is 10.4 Å². The third-order valence-corrected chi connectivity index (χ3v) is 5.41. The second-order valence-electron chi connectivity index (χ2n) is 5.48. The van der Waals surface area contributed by atoms with E-state index >= 15 is 0 Å². The zero-order chi connectivity index (χ0) is 18.4. The zero-order valence-electron chi connectivity index (χ0n) is 14.0. The van der Waals surface area contributed by atoms with Crippen LogP contribution < -0.4 is 5.32 Å². The molecule has 26 heavy (non-hydrogen) atoms. The minimum atomic E-state index is -0.113. The molecule has 1 aromatic carbocycles. The lowest BCUT2D eigenvalue weighted by Gasteiger charge is -2.14. The number of rotatable bonds is 7. The quantitative estimate of drug-likeness (QED) is 0.562. The van der Waals surface area contributed by atoms with Gasteiger partial charge in [0.05, 0.1) is 11.8 Å². The van der Waals surface area contributed by atoms with Crippen molar-refractivity contribution < 1.29 is 4.79 Å². The van der Waals surface area contributed by atoms with Crippen molar-refractivity contribution in [1.29, 1.82) is 0 Å². The van der Waals surface area contributed by atoms with E-state index in [0.29, 0.717) is 16.0 Å². The molecule has 0 aliphatic carbocycles. The highest BCUT2D eigenvalue weighted by Gasteiger charge is 2.11. The highest BCUT2D eigenvalue weighted by atomic mass is 35.5. The van der Waals surface area contributed by atoms with Gasteiger partial charge in [0, 0.05) is 9.90 Å². The number of halogens is 1. The maximum atomic E-state index is 12.1. The van der Waals surface area contributed by atoms with E-state index in [-0.39, 0.29) is 17.7 Å². The number of thioether (sulfide) groups is 1. The lowest BCUT2D eigenvalue weighted by Crippen LogP contribution is -2.28. The van der Waals surface area contributed by atoms with Gasteiger partial charge in [0.2, 0.25) is 11.1 Å². The van der Waals surface area contributed by atoms with Crippen molar-refractivity contribution in [2.24, 2.45) is 0 Å². The molecule has 2 heterocycles. The van der Waals surface area contributed by atoms with Crippen LogP contribution >= 0.6 is 34.7 Å². The number of aromatic amines is 1. The zero-order valence-corrected chi connectivity index (χ0v) is 16.4. The van der Waals surface area contributed by atoms with E-state index in [2.05, 4.69) is 20.5 Å². The van der Waals surface area contributed by atoms with Crippen LogP contribution in [0.15, 0.2) is 46.9 Å². The summed E-state index contributed by atoms with van der Waals surface area (Å²) in [6, 6.07) is 11.4. The fourth-order valence-electron chi connectivity index (χ4n) is 2.22. The Morgan fingerprint density at radius 3 is 3.04 bits per heavy atom. The summed E-state index contributed by atoms with van der Waals surface area (Å²) in [7, 11) is 0. The molecule has 1 atom stereocenters. The summed E-state index contributed by atoms with van der Waals surface area (Å²) in [6.07, 6.45) is 3.84. The minimum Gasteiger partial charge on any atom is -0.349 e. The molecule has 8 heteroatoms. The Labute approximate surface area is 164 Å². The number of aromatic nitrogens is 3. The van der Waals surface area contributed by atoms with Crippen LogP contribution in [0.2, 0.25) is 5.02 Å². The standard InChI is InChI=1S/C18H17ClN4OS2/c1-12(13-4-2-5-14(19)10-13)20-17(24)11-26-18-21-16(22-23-18)8-7-15-6-3-9-25-15/h2-10,12H,11H2,1H3,(H,20,24)(H,21,22,23)/b8-7+. The molecule has 0 spiro atoms. The number of benzene rings is 1. The highest BCUT2D eigenvalue weighted by molar-refractivity contribution is 7.99. The molecule has 5 nitrogen and oxygen atoms in total. The summed E-state index contributed by atoms with van der Waals surface area (Å²) >= 11 is 8.93. The number of thiophene rings is 1. The number of hydrogen-bond acceptors (Lipinski definition) is 5. The lowest BCUT2D eigenvalue weighted by atomic mass is 10.1. The fraction of sp³-hybridized carbons (Fsp3) is 0.167. The number of hydrogen-bond donors (Lipinski definition) is 2. The molecule has 0 radical (unpaired) electrons. The van der Waals surface area contributed by atoms with Crippen LogP contribution in [0.3, 0.4) is 0 Å². The SMILES string of the molecule is CC(NC(=O)CSc1n[nH]c(/C=C/c2cccs2)n1)c1cccc(Cl)c1. The Bertz CT molecular complexity index is 892. The van der Waals surface area contributed by atoms with E-state index in [4.69, 9.17) is 11.6 Å². The molecule has 1 unspecified atom stereocenters. The van der Waals surface area contributed by atoms with Gasteiger partial charge in [-0.25, -0.2) is 4.98 Å².